The number of amides is 1. The van der Waals surface area contributed by atoms with E-state index < -0.39 is 5.97 Å². The maximum Gasteiger partial charge on any atom is 0.335 e. The normalized spacial score (nSPS) is 15.3. The van der Waals surface area contributed by atoms with Gasteiger partial charge in [0, 0.05) is 54.7 Å². The van der Waals surface area contributed by atoms with Crippen LogP contribution < -0.4 is 14.8 Å². The minimum Gasteiger partial charge on any atom is -0.478 e. The third-order valence-electron chi connectivity index (χ3n) is 12.1. The Kier molecular flexibility index (Phi) is 13.7. The lowest BCUT2D eigenvalue weighted by atomic mass is 9.89. The number of aromatic amines is 2. The minimum atomic E-state index is -0.933. The number of carbonyl (C=O) groups is 2. The number of rotatable bonds is 10. The van der Waals surface area contributed by atoms with E-state index in [0.29, 0.717) is 65.1 Å². The number of H-pyrrole nitrogens is 2. The average Bonchev–Trinajstić information content (AvgIpc) is 4.20. The molecule has 0 unspecified atom stereocenters. The van der Waals surface area contributed by atoms with E-state index in [9.17, 15) is 14.7 Å². The smallest absolute Gasteiger partial charge is 0.335 e. The molecule has 0 atom stereocenters. The third-order valence-corrected chi connectivity index (χ3v) is 12.1. The van der Waals surface area contributed by atoms with Gasteiger partial charge in [0.1, 0.15) is 0 Å². The first-order valence-corrected chi connectivity index (χ1v) is 21.0. The largest absolute Gasteiger partial charge is 0.478 e. The molecular formula is C48H49ClN10O5. The highest BCUT2D eigenvalue weighted by Crippen LogP contribution is 2.46. The first kappa shape index (κ1) is 45.0. The molecule has 1 amide bonds. The molecule has 2 saturated carbocycles. The molecule has 4 heterocycles. The third kappa shape index (κ3) is 9.92. The van der Waals surface area contributed by atoms with Crippen molar-refractivity contribution < 1.29 is 24.2 Å². The van der Waals surface area contributed by atoms with Crippen LogP contribution in [0.25, 0.3) is 22.8 Å². The second kappa shape index (κ2) is 19.5. The summed E-state index contributed by atoms with van der Waals surface area (Å²) in [6.45, 7) is 7.33. The Bertz CT molecular complexity index is 2720. The molecule has 0 spiro atoms. The zero-order valence-corrected chi connectivity index (χ0v) is 36.8. The fraction of sp³-hybridized carbons (Fsp3) is 0.333. The maximum absolute atomic E-state index is 13.3. The van der Waals surface area contributed by atoms with Crippen molar-refractivity contribution in [2.45, 2.75) is 63.2 Å². The number of ether oxygens (including phenoxy) is 2. The van der Waals surface area contributed by atoms with E-state index in [1.54, 1.807) is 6.07 Å². The van der Waals surface area contributed by atoms with Crippen LogP contribution in [-0.4, -0.2) is 92.6 Å². The predicted molar refractivity (Wildman–Crippen MR) is 241 cm³/mol. The number of halogens is 1. The van der Waals surface area contributed by atoms with E-state index in [1.165, 1.54) is 30.9 Å². The number of aromatic nitrogens is 6. The van der Waals surface area contributed by atoms with Gasteiger partial charge in [0.2, 0.25) is 0 Å². The van der Waals surface area contributed by atoms with Gasteiger partial charge >= 0.3 is 18.0 Å². The summed E-state index contributed by atoms with van der Waals surface area (Å²) in [5.41, 5.74) is 10.7. The molecule has 2 aromatic heterocycles. The molecule has 2 aliphatic heterocycles. The summed E-state index contributed by atoms with van der Waals surface area (Å²) in [5, 5.41) is 43.8. The summed E-state index contributed by atoms with van der Waals surface area (Å²) >= 11 is 0. The Morgan fingerprint density at radius 1 is 0.672 bits per heavy atom. The van der Waals surface area contributed by atoms with Crippen LogP contribution in [0.15, 0.2) is 72.8 Å². The van der Waals surface area contributed by atoms with E-state index >= 15 is 0 Å². The number of carbonyl (C=O) groups excluding carboxylic acids is 1. The molecule has 0 radical (unpaired) electrons. The number of aryl methyl sites for hydroxylation is 2. The SMILES string of the molecule is COc1n[nH]c(-c2cc(C(=O)N3CC(c4ccc(C#N)cc4)C3)c(C)cc2C2CC2)n1.COc1n[nH]c(-c2cc(C(=O)O)c(C)cc2C2CC2)n1.Cl.N#Cc1ccc(C2CNC2)cc1. The standard InChI is InChI=1S/C24H23N5O2.C14H15N3O3.C10H10N2.ClH/c1-14-9-20(17-7-8-17)21(22-26-24(31-2)28-27-22)10-19(14)23(30)29-12-18(13-29)16-5-3-15(11-25)4-6-16;1-7-5-10(8-3-4-8)11(6-9(7)13(18)19)12-15-14(20-2)17-16-12;11-5-8-1-3-9(4-2-8)10-6-12-7-10;/h3-6,9-10,17-18H,7-8,12-13H2,1-2H3,(H,26,27,28);5-6,8H,3-4H2,1-2H3,(H,18,19)(H,15,16,17);1-4,10,12H,6-7H2;1H. The fourth-order valence-corrected chi connectivity index (χ4v) is 7.92. The first-order valence-electron chi connectivity index (χ1n) is 21.0. The van der Waals surface area contributed by atoms with Crippen molar-refractivity contribution in [3.63, 3.8) is 0 Å². The molecule has 4 aliphatic rings. The van der Waals surface area contributed by atoms with Gasteiger partial charge in [0.15, 0.2) is 11.6 Å². The first-order chi connectivity index (χ1) is 30.6. The Balaban J connectivity index is 0.000000158. The van der Waals surface area contributed by atoms with E-state index in [4.69, 9.17) is 20.0 Å². The van der Waals surface area contributed by atoms with Crippen molar-refractivity contribution in [1.29, 1.82) is 10.5 Å². The number of aromatic carboxylic acids is 1. The van der Waals surface area contributed by atoms with Crippen molar-refractivity contribution in [2.24, 2.45) is 0 Å². The molecule has 2 aliphatic carbocycles. The Hall–Kier alpha value is -7.07. The van der Waals surface area contributed by atoms with E-state index in [-0.39, 0.29) is 30.3 Å². The zero-order valence-electron chi connectivity index (χ0n) is 36.0. The van der Waals surface area contributed by atoms with Crippen molar-refractivity contribution in [3.05, 3.63) is 128 Å². The van der Waals surface area contributed by atoms with Crippen LogP contribution in [0.3, 0.4) is 0 Å². The number of nitrogens with one attached hydrogen (secondary N) is 3. The molecule has 0 bridgehead atoms. The van der Waals surface area contributed by atoms with Crippen LogP contribution in [-0.2, 0) is 0 Å². The van der Waals surface area contributed by atoms with Gasteiger partial charge in [0.05, 0.1) is 43.0 Å². The van der Waals surface area contributed by atoms with E-state index in [2.05, 4.69) is 53.9 Å². The second-order valence-corrected chi connectivity index (χ2v) is 16.4. The number of benzene rings is 4. The highest BCUT2D eigenvalue weighted by Gasteiger charge is 2.35. The van der Waals surface area contributed by atoms with Gasteiger partial charge in [-0.1, -0.05) is 36.4 Å². The van der Waals surface area contributed by atoms with Gasteiger partial charge in [-0.2, -0.15) is 20.5 Å². The molecule has 4 fully saturated rings. The molecule has 4 aromatic carbocycles. The molecule has 328 valence electrons. The van der Waals surface area contributed by atoms with Gasteiger partial charge in [-0.15, -0.1) is 22.6 Å². The fourth-order valence-electron chi connectivity index (χ4n) is 7.92. The lowest BCUT2D eigenvalue weighted by molar-refractivity contribution is 0.0601. The van der Waals surface area contributed by atoms with Crippen LogP contribution in [0.4, 0.5) is 0 Å². The van der Waals surface area contributed by atoms with Crippen molar-refractivity contribution in [3.8, 4) is 46.9 Å². The molecule has 4 N–H and O–H groups in total. The van der Waals surface area contributed by atoms with Gasteiger partial charge in [-0.3, -0.25) is 15.0 Å². The van der Waals surface area contributed by atoms with Crippen LogP contribution in [0.1, 0.15) is 115 Å². The maximum atomic E-state index is 13.3. The average molecular weight is 881 g/mol. The lowest BCUT2D eigenvalue weighted by Crippen LogP contribution is -2.48. The monoisotopic (exact) mass is 880 g/mol. The van der Waals surface area contributed by atoms with Crippen LogP contribution in [0.5, 0.6) is 12.0 Å². The molecule has 10 rings (SSSR count). The molecular weight excluding hydrogens is 832 g/mol. The van der Waals surface area contributed by atoms with Crippen LogP contribution in [0.2, 0.25) is 0 Å². The zero-order chi connectivity index (χ0) is 44.2. The summed E-state index contributed by atoms with van der Waals surface area (Å²) in [6.07, 6.45) is 4.57. The number of hydrogen-bond donors (Lipinski definition) is 4. The number of carboxylic acid groups (broad SMARTS) is 1. The predicted octanol–water partition coefficient (Wildman–Crippen LogP) is 7.81. The molecule has 64 heavy (non-hydrogen) atoms. The number of hydrogen-bond acceptors (Lipinski definition) is 11. The topological polar surface area (TPSA) is 219 Å². The second-order valence-electron chi connectivity index (χ2n) is 16.4. The Labute approximate surface area is 377 Å². The van der Waals surface area contributed by atoms with Gasteiger partial charge in [0.25, 0.3) is 5.91 Å². The van der Waals surface area contributed by atoms with Crippen LogP contribution >= 0.6 is 12.4 Å². The van der Waals surface area contributed by atoms with Crippen molar-refractivity contribution >= 4 is 24.3 Å². The molecule has 16 heteroatoms. The number of nitriles is 2. The number of carboxylic acids is 1. The highest BCUT2D eigenvalue weighted by atomic mass is 35.5. The minimum absolute atomic E-state index is 0. The quantitative estimate of drug-likeness (QED) is 0.104. The van der Waals surface area contributed by atoms with Gasteiger partial charge < -0.3 is 24.8 Å². The molecule has 6 aromatic rings. The highest BCUT2D eigenvalue weighted by molar-refractivity contribution is 5.98. The lowest BCUT2D eigenvalue weighted by Gasteiger charge is -2.40. The summed E-state index contributed by atoms with van der Waals surface area (Å²) < 4.78 is 10.1. The van der Waals surface area contributed by atoms with Gasteiger partial charge in [-0.25, -0.2) is 4.79 Å². The van der Waals surface area contributed by atoms with E-state index in [1.807, 2.05) is 79.4 Å². The molecule has 15 nitrogen and oxygen atoms in total. The van der Waals surface area contributed by atoms with E-state index in [0.717, 1.165) is 72.2 Å². The Morgan fingerprint density at radius 3 is 1.48 bits per heavy atom. The summed E-state index contributed by atoms with van der Waals surface area (Å²) in [4.78, 5) is 35.1. The number of methoxy groups -OCH3 is 2. The summed E-state index contributed by atoms with van der Waals surface area (Å²) in [6, 6.07) is 28.0. The van der Waals surface area contributed by atoms with Gasteiger partial charge in [-0.05, 0) is 121 Å². The number of nitrogens with zero attached hydrogens (tertiary/aromatic N) is 7. The van der Waals surface area contributed by atoms with Crippen molar-refractivity contribution in [2.75, 3.05) is 40.4 Å². The van der Waals surface area contributed by atoms with Crippen LogP contribution in [0, 0.1) is 36.5 Å². The summed E-state index contributed by atoms with van der Waals surface area (Å²) in [5.74, 6) is 2.26. The molecule has 2 saturated heterocycles. The Morgan fingerprint density at radius 2 is 1.11 bits per heavy atom. The summed E-state index contributed by atoms with van der Waals surface area (Å²) in [7, 11) is 3.03. The van der Waals surface area contributed by atoms with Crippen molar-refractivity contribution in [1.82, 2.24) is 40.6 Å². The number of likely N-dealkylation sites (tertiary alicyclic amines) is 1.